The summed E-state index contributed by atoms with van der Waals surface area (Å²) < 4.78 is 0. The molecular formula is C15H28IN3. The standard InChI is InChI=1S/C15H27N3.HI/c16-14(18-10-3-1-2-4-11-18)17-12-15(8-5-9-15)13-6-7-13;/h13H,1-12H2,(H2,16,17);1H. The van der Waals surface area contributed by atoms with Gasteiger partial charge in [0.25, 0.3) is 0 Å². The molecule has 3 nitrogen and oxygen atoms in total. The number of nitrogens with zero attached hydrogens (tertiary/aromatic N) is 2. The van der Waals surface area contributed by atoms with Crippen LogP contribution in [0, 0.1) is 11.3 Å². The van der Waals surface area contributed by atoms with Crippen LogP contribution in [0.4, 0.5) is 0 Å². The second kappa shape index (κ2) is 6.64. The maximum absolute atomic E-state index is 6.20. The molecule has 1 heterocycles. The third kappa shape index (κ3) is 3.56. The summed E-state index contributed by atoms with van der Waals surface area (Å²) in [6, 6.07) is 0. The van der Waals surface area contributed by atoms with Crippen LogP contribution in [-0.4, -0.2) is 30.5 Å². The van der Waals surface area contributed by atoms with Gasteiger partial charge >= 0.3 is 0 Å². The van der Waals surface area contributed by atoms with Gasteiger partial charge in [-0.15, -0.1) is 24.0 Å². The van der Waals surface area contributed by atoms with Crippen LogP contribution in [0.1, 0.15) is 57.8 Å². The van der Waals surface area contributed by atoms with Gasteiger partial charge in [0.15, 0.2) is 5.96 Å². The van der Waals surface area contributed by atoms with Gasteiger partial charge in [0, 0.05) is 19.6 Å². The average Bonchev–Trinajstić information content (AvgIpc) is 3.14. The lowest BCUT2D eigenvalue weighted by Gasteiger charge is -2.41. The minimum absolute atomic E-state index is 0. The zero-order valence-electron chi connectivity index (χ0n) is 11.9. The van der Waals surface area contributed by atoms with Crippen LogP contribution in [0.15, 0.2) is 4.99 Å². The van der Waals surface area contributed by atoms with Crippen molar-refractivity contribution in [1.82, 2.24) is 4.90 Å². The largest absolute Gasteiger partial charge is 0.370 e. The Bertz CT molecular complexity index is 313. The molecule has 2 saturated carbocycles. The highest BCUT2D eigenvalue weighted by Crippen LogP contribution is 2.57. The van der Waals surface area contributed by atoms with Crippen LogP contribution in [0.3, 0.4) is 0 Å². The molecule has 0 bridgehead atoms. The van der Waals surface area contributed by atoms with E-state index >= 15 is 0 Å². The number of aliphatic imine (C=N–C) groups is 1. The summed E-state index contributed by atoms with van der Waals surface area (Å²) in [7, 11) is 0. The van der Waals surface area contributed by atoms with Crippen molar-refractivity contribution in [3.63, 3.8) is 0 Å². The lowest BCUT2D eigenvalue weighted by molar-refractivity contribution is 0.113. The Morgan fingerprint density at radius 3 is 2.16 bits per heavy atom. The first-order chi connectivity index (χ1) is 8.80. The molecule has 0 aromatic heterocycles. The number of halogens is 1. The van der Waals surface area contributed by atoms with E-state index in [4.69, 9.17) is 10.7 Å². The zero-order chi connectivity index (χ0) is 12.4. The first-order valence-corrected chi connectivity index (χ1v) is 7.85. The third-order valence-electron chi connectivity index (χ3n) is 5.28. The smallest absolute Gasteiger partial charge is 0.191 e. The highest BCUT2D eigenvalue weighted by atomic mass is 127. The summed E-state index contributed by atoms with van der Waals surface area (Å²) in [6.45, 7) is 3.23. The lowest BCUT2D eigenvalue weighted by atomic mass is 9.65. The van der Waals surface area contributed by atoms with Crippen molar-refractivity contribution in [2.24, 2.45) is 22.1 Å². The average molecular weight is 377 g/mol. The normalized spacial score (nSPS) is 27.2. The maximum atomic E-state index is 6.20. The van der Waals surface area contributed by atoms with E-state index in [1.165, 1.54) is 57.8 Å². The van der Waals surface area contributed by atoms with Gasteiger partial charge in [0.1, 0.15) is 0 Å². The molecule has 0 spiro atoms. The fourth-order valence-electron chi connectivity index (χ4n) is 3.66. The second-order valence-corrected chi connectivity index (χ2v) is 6.57. The van der Waals surface area contributed by atoms with E-state index in [0.717, 1.165) is 31.5 Å². The van der Waals surface area contributed by atoms with Crippen molar-refractivity contribution in [3.05, 3.63) is 0 Å². The Morgan fingerprint density at radius 2 is 1.68 bits per heavy atom. The lowest BCUT2D eigenvalue weighted by Crippen LogP contribution is -2.41. The SMILES string of the molecule is I.NC(=NCC1(C2CC2)CCC1)N1CCCCCC1. The quantitative estimate of drug-likeness (QED) is 0.466. The Balaban J connectivity index is 0.00000133. The van der Waals surface area contributed by atoms with Gasteiger partial charge in [-0.05, 0) is 49.9 Å². The number of rotatable bonds is 3. The van der Waals surface area contributed by atoms with Gasteiger partial charge in [-0.2, -0.15) is 0 Å². The molecule has 3 fully saturated rings. The zero-order valence-corrected chi connectivity index (χ0v) is 14.3. The summed E-state index contributed by atoms with van der Waals surface area (Å²) >= 11 is 0. The molecule has 4 heteroatoms. The summed E-state index contributed by atoms with van der Waals surface area (Å²) in [4.78, 5) is 7.08. The van der Waals surface area contributed by atoms with Crippen LogP contribution >= 0.6 is 24.0 Å². The van der Waals surface area contributed by atoms with Gasteiger partial charge in [0.05, 0.1) is 0 Å². The monoisotopic (exact) mass is 377 g/mol. The molecule has 0 aromatic rings. The van der Waals surface area contributed by atoms with E-state index in [1.807, 2.05) is 0 Å². The van der Waals surface area contributed by atoms with Crippen molar-refractivity contribution in [1.29, 1.82) is 0 Å². The van der Waals surface area contributed by atoms with E-state index in [1.54, 1.807) is 0 Å². The Hall–Kier alpha value is 0. The number of hydrogen-bond donors (Lipinski definition) is 1. The van der Waals surface area contributed by atoms with Crippen LogP contribution in [0.25, 0.3) is 0 Å². The predicted octanol–water partition coefficient (Wildman–Crippen LogP) is 3.38. The molecule has 0 radical (unpaired) electrons. The summed E-state index contributed by atoms with van der Waals surface area (Å²) in [5, 5.41) is 0. The molecule has 0 amide bonds. The van der Waals surface area contributed by atoms with Crippen molar-refractivity contribution in [2.75, 3.05) is 19.6 Å². The Kier molecular flexibility index (Phi) is 5.37. The molecule has 19 heavy (non-hydrogen) atoms. The number of guanidine groups is 1. The van der Waals surface area contributed by atoms with E-state index in [-0.39, 0.29) is 24.0 Å². The molecule has 2 aliphatic carbocycles. The van der Waals surface area contributed by atoms with Crippen molar-refractivity contribution >= 4 is 29.9 Å². The Labute approximate surface area is 134 Å². The van der Waals surface area contributed by atoms with Crippen molar-refractivity contribution < 1.29 is 0 Å². The van der Waals surface area contributed by atoms with E-state index < -0.39 is 0 Å². The molecule has 0 atom stereocenters. The van der Waals surface area contributed by atoms with Crippen LogP contribution in [-0.2, 0) is 0 Å². The minimum Gasteiger partial charge on any atom is -0.370 e. The van der Waals surface area contributed by atoms with Gasteiger partial charge < -0.3 is 10.6 Å². The van der Waals surface area contributed by atoms with Crippen molar-refractivity contribution in [2.45, 2.75) is 57.8 Å². The summed E-state index contributed by atoms with van der Waals surface area (Å²) in [5.41, 5.74) is 6.77. The van der Waals surface area contributed by atoms with E-state index in [0.29, 0.717) is 5.41 Å². The number of hydrogen-bond acceptors (Lipinski definition) is 1. The first-order valence-electron chi connectivity index (χ1n) is 7.85. The molecule has 3 rings (SSSR count). The van der Waals surface area contributed by atoms with Gasteiger partial charge in [0.2, 0.25) is 0 Å². The Morgan fingerprint density at radius 1 is 1.05 bits per heavy atom. The molecule has 3 aliphatic rings. The molecule has 0 unspecified atom stereocenters. The van der Waals surface area contributed by atoms with Gasteiger partial charge in [-0.1, -0.05) is 19.3 Å². The number of likely N-dealkylation sites (tertiary alicyclic amines) is 1. The fourth-order valence-corrected chi connectivity index (χ4v) is 3.66. The third-order valence-corrected chi connectivity index (χ3v) is 5.28. The van der Waals surface area contributed by atoms with Crippen molar-refractivity contribution in [3.8, 4) is 0 Å². The van der Waals surface area contributed by atoms with E-state index in [2.05, 4.69) is 4.90 Å². The van der Waals surface area contributed by atoms with Gasteiger partial charge in [-0.3, -0.25) is 4.99 Å². The summed E-state index contributed by atoms with van der Waals surface area (Å²) in [6.07, 6.45) is 12.4. The molecule has 1 aliphatic heterocycles. The number of nitrogens with two attached hydrogens (primary N) is 1. The molecule has 2 N–H and O–H groups in total. The fraction of sp³-hybridized carbons (Fsp3) is 0.933. The topological polar surface area (TPSA) is 41.6 Å². The molecule has 110 valence electrons. The first kappa shape index (κ1) is 15.4. The maximum Gasteiger partial charge on any atom is 0.191 e. The molecule has 0 aromatic carbocycles. The predicted molar refractivity (Wildman–Crippen MR) is 91.0 cm³/mol. The molecule has 1 saturated heterocycles. The second-order valence-electron chi connectivity index (χ2n) is 6.57. The van der Waals surface area contributed by atoms with E-state index in [9.17, 15) is 0 Å². The highest BCUT2D eigenvalue weighted by Gasteiger charge is 2.48. The highest BCUT2D eigenvalue weighted by molar-refractivity contribution is 14.0. The van der Waals surface area contributed by atoms with Crippen LogP contribution in [0.5, 0.6) is 0 Å². The summed E-state index contributed by atoms with van der Waals surface area (Å²) in [5.74, 6) is 1.80. The minimum atomic E-state index is 0. The molecular weight excluding hydrogens is 349 g/mol. The van der Waals surface area contributed by atoms with Crippen LogP contribution in [0.2, 0.25) is 0 Å². The van der Waals surface area contributed by atoms with Crippen LogP contribution < -0.4 is 5.73 Å². The van der Waals surface area contributed by atoms with Gasteiger partial charge in [-0.25, -0.2) is 0 Å².